The number of alkyl halides is 3. The summed E-state index contributed by atoms with van der Waals surface area (Å²) >= 11 is 0. The largest absolute Gasteiger partial charge is 0.433 e. The number of aromatic nitrogens is 3. The van der Waals surface area contributed by atoms with E-state index in [2.05, 4.69) is 10.1 Å². The summed E-state index contributed by atoms with van der Waals surface area (Å²) in [5.41, 5.74) is 5.70. The molecule has 1 aromatic carbocycles. The molecular weight excluding hydrogens is 269 g/mol. The molecule has 0 aliphatic rings. The molecule has 0 saturated heterocycles. The normalized spacial score (nSPS) is 11.9. The number of hydrogen-bond acceptors (Lipinski definition) is 3. The van der Waals surface area contributed by atoms with Crippen LogP contribution >= 0.6 is 0 Å². The average Bonchev–Trinajstić information content (AvgIpc) is 2.82. The van der Waals surface area contributed by atoms with Crippen molar-refractivity contribution in [3.8, 4) is 5.69 Å². The number of nitrogen functional groups attached to an aromatic ring is 1. The van der Waals surface area contributed by atoms with Gasteiger partial charge in [0.1, 0.15) is 5.69 Å². The van der Waals surface area contributed by atoms with Gasteiger partial charge in [-0.05, 0) is 12.1 Å². The van der Waals surface area contributed by atoms with Gasteiger partial charge >= 0.3 is 6.18 Å². The van der Waals surface area contributed by atoms with Crippen LogP contribution in [0.3, 0.4) is 0 Å². The van der Waals surface area contributed by atoms with E-state index in [1.54, 1.807) is 18.3 Å². The van der Waals surface area contributed by atoms with Crippen molar-refractivity contribution in [2.45, 2.75) is 6.18 Å². The molecule has 0 radical (unpaired) electrons. The maximum atomic E-state index is 12.7. The molecule has 0 amide bonds. The number of hydrogen-bond donors (Lipinski definition) is 1. The molecule has 2 aromatic heterocycles. The first kappa shape index (κ1) is 12.5. The van der Waals surface area contributed by atoms with Gasteiger partial charge < -0.3 is 5.73 Å². The van der Waals surface area contributed by atoms with Gasteiger partial charge in [-0.3, -0.25) is 0 Å². The first-order valence-electron chi connectivity index (χ1n) is 5.72. The predicted octanol–water partition coefficient (Wildman–Crippen LogP) is 3.02. The van der Waals surface area contributed by atoms with Gasteiger partial charge in [0, 0.05) is 5.39 Å². The van der Waals surface area contributed by atoms with Crippen molar-refractivity contribution in [2.24, 2.45) is 0 Å². The number of rotatable bonds is 1. The fourth-order valence-electron chi connectivity index (χ4n) is 1.96. The van der Waals surface area contributed by atoms with Gasteiger partial charge in [0.15, 0.2) is 0 Å². The summed E-state index contributed by atoms with van der Waals surface area (Å²) in [6, 6.07) is 8.08. The molecule has 3 rings (SSSR count). The lowest BCUT2D eigenvalue weighted by molar-refractivity contribution is -0.141. The standard InChI is InChI=1S/C13H9F3N4/c14-13(15,16)12-5-11(9(17)7-18-12)20-10-4-2-1-3-8(10)6-19-20/h1-7H,17H2. The third-order valence-electron chi connectivity index (χ3n) is 2.91. The van der Waals surface area contributed by atoms with Crippen molar-refractivity contribution in [2.75, 3.05) is 5.73 Å². The highest BCUT2D eigenvalue weighted by Gasteiger charge is 2.33. The lowest BCUT2D eigenvalue weighted by atomic mass is 10.2. The van der Waals surface area contributed by atoms with Gasteiger partial charge in [-0.1, -0.05) is 18.2 Å². The molecule has 0 spiro atoms. The highest BCUT2D eigenvalue weighted by Crippen LogP contribution is 2.31. The second-order valence-corrected chi connectivity index (χ2v) is 4.24. The van der Waals surface area contributed by atoms with Crippen LogP contribution in [0.2, 0.25) is 0 Å². The van der Waals surface area contributed by atoms with Crippen LogP contribution in [-0.4, -0.2) is 14.8 Å². The number of nitrogens with two attached hydrogens (primary N) is 1. The molecule has 0 fully saturated rings. The molecule has 2 heterocycles. The van der Waals surface area contributed by atoms with E-state index in [9.17, 15) is 13.2 Å². The van der Waals surface area contributed by atoms with E-state index in [4.69, 9.17) is 5.73 Å². The quantitative estimate of drug-likeness (QED) is 0.744. The second kappa shape index (κ2) is 4.22. The van der Waals surface area contributed by atoms with Gasteiger partial charge in [0.2, 0.25) is 0 Å². The van der Waals surface area contributed by atoms with E-state index >= 15 is 0 Å². The van der Waals surface area contributed by atoms with Crippen LogP contribution in [0.5, 0.6) is 0 Å². The highest BCUT2D eigenvalue weighted by atomic mass is 19.4. The minimum absolute atomic E-state index is 0.131. The SMILES string of the molecule is Nc1cnc(C(F)(F)F)cc1-n1ncc2ccccc21. The number of para-hydroxylation sites is 1. The van der Waals surface area contributed by atoms with Crippen molar-refractivity contribution in [1.29, 1.82) is 0 Å². The van der Waals surface area contributed by atoms with E-state index < -0.39 is 11.9 Å². The van der Waals surface area contributed by atoms with Crippen molar-refractivity contribution in [3.63, 3.8) is 0 Å². The fraction of sp³-hybridized carbons (Fsp3) is 0.0769. The zero-order chi connectivity index (χ0) is 14.3. The number of benzene rings is 1. The zero-order valence-corrected chi connectivity index (χ0v) is 10.1. The van der Waals surface area contributed by atoms with Crippen molar-refractivity contribution < 1.29 is 13.2 Å². The highest BCUT2D eigenvalue weighted by molar-refractivity contribution is 5.81. The van der Waals surface area contributed by atoms with Crippen molar-refractivity contribution >= 4 is 16.6 Å². The molecule has 0 saturated carbocycles. The third kappa shape index (κ3) is 1.97. The summed E-state index contributed by atoms with van der Waals surface area (Å²) in [5.74, 6) is 0. The van der Waals surface area contributed by atoms with Crippen molar-refractivity contribution in [1.82, 2.24) is 14.8 Å². The summed E-state index contributed by atoms with van der Waals surface area (Å²) in [6.07, 6.45) is -1.96. The molecule has 102 valence electrons. The number of anilines is 1. The first-order chi connectivity index (χ1) is 9.47. The second-order valence-electron chi connectivity index (χ2n) is 4.24. The Morgan fingerprint density at radius 3 is 2.60 bits per heavy atom. The van der Waals surface area contributed by atoms with Crippen LogP contribution in [-0.2, 0) is 6.18 Å². The molecule has 0 aliphatic carbocycles. The minimum Gasteiger partial charge on any atom is -0.396 e. The molecule has 0 unspecified atom stereocenters. The van der Waals surface area contributed by atoms with Crippen LogP contribution in [0, 0.1) is 0 Å². The number of nitrogens with zero attached hydrogens (tertiary/aromatic N) is 3. The Bertz CT molecular complexity index is 777. The molecule has 3 aromatic rings. The Hall–Kier alpha value is -2.57. The summed E-state index contributed by atoms with van der Waals surface area (Å²) in [6.45, 7) is 0. The molecule has 7 heteroatoms. The molecule has 0 atom stereocenters. The molecular formula is C13H9F3N4. The summed E-state index contributed by atoms with van der Waals surface area (Å²) in [4.78, 5) is 3.31. The van der Waals surface area contributed by atoms with E-state index in [1.165, 1.54) is 4.68 Å². The lowest BCUT2D eigenvalue weighted by Crippen LogP contribution is -2.11. The van der Waals surface area contributed by atoms with E-state index in [1.807, 2.05) is 12.1 Å². The third-order valence-corrected chi connectivity index (χ3v) is 2.91. The molecule has 2 N–H and O–H groups in total. The smallest absolute Gasteiger partial charge is 0.396 e. The number of pyridine rings is 1. The Kier molecular flexibility index (Phi) is 2.63. The van der Waals surface area contributed by atoms with Crippen LogP contribution in [0.1, 0.15) is 5.69 Å². The predicted molar refractivity (Wildman–Crippen MR) is 68.3 cm³/mol. The Morgan fingerprint density at radius 2 is 1.85 bits per heavy atom. The van der Waals surface area contributed by atoms with E-state index in [0.29, 0.717) is 5.52 Å². The number of halogens is 3. The minimum atomic E-state index is -4.52. The summed E-state index contributed by atoms with van der Waals surface area (Å²) in [7, 11) is 0. The van der Waals surface area contributed by atoms with Crippen LogP contribution < -0.4 is 5.73 Å². The lowest BCUT2D eigenvalue weighted by Gasteiger charge is -2.11. The van der Waals surface area contributed by atoms with Crippen LogP contribution in [0.15, 0.2) is 42.7 Å². The van der Waals surface area contributed by atoms with Crippen LogP contribution in [0.4, 0.5) is 18.9 Å². The van der Waals surface area contributed by atoms with Gasteiger partial charge in [-0.25, -0.2) is 9.67 Å². The average molecular weight is 278 g/mol. The van der Waals surface area contributed by atoms with Gasteiger partial charge in [-0.2, -0.15) is 18.3 Å². The molecule has 0 bridgehead atoms. The Balaban J connectivity index is 2.24. The summed E-state index contributed by atoms with van der Waals surface area (Å²) < 4.78 is 39.5. The van der Waals surface area contributed by atoms with Crippen LogP contribution in [0.25, 0.3) is 16.6 Å². The Labute approximate surface area is 111 Å². The fourth-order valence-corrected chi connectivity index (χ4v) is 1.96. The first-order valence-corrected chi connectivity index (χ1v) is 5.72. The molecule has 20 heavy (non-hydrogen) atoms. The van der Waals surface area contributed by atoms with Gasteiger partial charge in [-0.15, -0.1) is 0 Å². The number of fused-ring (bicyclic) bond motifs is 1. The topological polar surface area (TPSA) is 56.7 Å². The molecule has 0 aliphatic heterocycles. The van der Waals surface area contributed by atoms with Gasteiger partial charge in [0.25, 0.3) is 0 Å². The van der Waals surface area contributed by atoms with E-state index in [-0.39, 0.29) is 11.4 Å². The monoisotopic (exact) mass is 278 g/mol. The maximum absolute atomic E-state index is 12.7. The maximum Gasteiger partial charge on any atom is 0.433 e. The summed E-state index contributed by atoms with van der Waals surface area (Å²) in [5, 5.41) is 4.91. The van der Waals surface area contributed by atoms with Gasteiger partial charge in [0.05, 0.1) is 29.3 Å². The zero-order valence-electron chi connectivity index (χ0n) is 10.1. The van der Waals surface area contributed by atoms with E-state index in [0.717, 1.165) is 17.6 Å². The van der Waals surface area contributed by atoms with Crippen molar-refractivity contribution in [3.05, 3.63) is 48.4 Å². The molecule has 4 nitrogen and oxygen atoms in total. The Morgan fingerprint density at radius 1 is 1.10 bits per heavy atom.